The zero-order valence-electron chi connectivity index (χ0n) is 12.5. The van der Waals surface area contributed by atoms with E-state index in [9.17, 15) is 13.7 Å². The molecule has 20 heavy (non-hydrogen) atoms. The molecule has 1 heterocycles. The first-order chi connectivity index (χ1) is 8.86. The van der Waals surface area contributed by atoms with Gasteiger partial charge in [0, 0.05) is 39.7 Å². The minimum atomic E-state index is -3.42. The molecule has 120 valence electrons. The van der Waals surface area contributed by atoms with Crippen LogP contribution in [0, 0.1) is 0 Å². The van der Waals surface area contributed by atoms with Gasteiger partial charge < -0.3 is 9.26 Å². The minimum Gasteiger partial charge on any atom is -0.347 e. The summed E-state index contributed by atoms with van der Waals surface area (Å²) in [5.41, 5.74) is 0. The summed E-state index contributed by atoms with van der Waals surface area (Å²) < 4.78 is 55.9. The van der Waals surface area contributed by atoms with E-state index in [1.807, 2.05) is 0 Å². The van der Waals surface area contributed by atoms with Crippen LogP contribution in [-0.2, 0) is 31.8 Å². The zero-order chi connectivity index (χ0) is 15.6. The van der Waals surface area contributed by atoms with E-state index in [2.05, 4.69) is 0 Å². The predicted octanol–water partition coefficient (Wildman–Crippen LogP) is 3.44. The molecule has 0 aliphatic carbocycles. The van der Waals surface area contributed by atoms with Gasteiger partial charge in [0.2, 0.25) is 7.37 Å². The average Bonchev–Trinajstić information content (AvgIpc) is 2.56. The van der Waals surface area contributed by atoms with Crippen LogP contribution in [0.25, 0.3) is 0 Å². The van der Waals surface area contributed by atoms with Crippen LogP contribution in [0.3, 0.4) is 0 Å². The second-order valence-corrected chi connectivity index (χ2v) is 13.2. The van der Waals surface area contributed by atoms with Gasteiger partial charge in [-0.25, -0.2) is 0 Å². The molecule has 1 rings (SSSR count). The summed E-state index contributed by atoms with van der Waals surface area (Å²) in [6.07, 6.45) is 0.257. The summed E-state index contributed by atoms with van der Waals surface area (Å²) in [6, 6.07) is 0. The van der Waals surface area contributed by atoms with Crippen molar-refractivity contribution in [2.45, 2.75) is 25.2 Å². The van der Waals surface area contributed by atoms with Gasteiger partial charge in [-0.05, 0) is 6.42 Å². The van der Waals surface area contributed by atoms with Crippen LogP contribution in [0.5, 0.6) is 0 Å². The molecule has 1 aliphatic rings. The average molecular weight is 348 g/mol. The van der Waals surface area contributed by atoms with Crippen molar-refractivity contribution in [1.82, 2.24) is 0 Å². The van der Waals surface area contributed by atoms with E-state index in [4.69, 9.17) is 18.1 Å². The normalized spacial score (nSPS) is 27.4. The Morgan fingerprint density at radius 3 is 2.10 bits per heavy atom. The first kappa shape index (κ1) is 18.6. The Morgan fingerprint density at radius 2 is 1.60 bits per heavy atom. The van der Waals surface area contributed by atoms with Crippen molar-refractivity contribution in [2.24, 2.45) is 0 Å². The topological polar surface area (TPSA) is 88.1 Å². The molecule has 1 fully saturated rings. The summed E-state index contributed by atoms with van der Waals surface area (Å²) >= 11 is 0. The smallest absolute Gasteiger partial charge is 0.335 e. The highest BCUT2D eigenvalue weighted by atomic mass is 31.3. The summed E-state index contributed by atoms with van der Waals surface area (Å²) in [6.45, 7) is 7.29. The van der Waals surface area contributed by atoms with Crippen molar-refractivity contribution >= 4 is 22.3 Å². The van der Waals surface area contributed by atoms with E-state index < -0.39 is 28.6 Å². The van der Waals surface area contributed by atoms with E-state index in [1.54, 1.807) is 0 Å². The highest BCUT2D eigenvalue weighted by molar-refractivity contribution is 7.68. The van der Waals surface area contributed by atoms with Gasteiger partial charge in [0.1, 0.15) is 0 Å². The van der Waals surface area contributed by atoms with Crippen LogP contribution >= 0.6 is 22.3 Å². The molecule has 0 bridgehead atoms. The number of hydrogen-bond donors (Lipinski definition) is 0. The molecule has 0 spiro atoms. The molecule has 0 aromatic rings. The third-order valence-corrected chi connectivity index (χ3v) is 6.44. The molecule has 2 unspecified atom stereocenters. The summed E-state index contributed by atoms with van der Waals surface area (Å²) in [7, 11) is -8.87. The van der Waals surface area contributed by atoms with E-state index >= 15 is 0 Å². The third kappa shape index (κ3) is 8.09. The monoisotopic (exact) mass is 348 g/mol. The molecule has 0 saturated carbocycles. The van der Waals surface area contributed by atoms with Crippen LogP contribution in [0.1, 0.15) is 12.8 Å². The van der Waals surface area contributed by atoms with Crippen molar-refractivity contribution < 1.29 is 31.8 Å². The summed E-state index contributed by atoms with van der Waals surface area (Å²) in [5.74, 6) is 0. The van der Waals surface area contributed by atoms with E-state index in [0.717, 1.165) is 0 Å². The lowest BCUT2D eigenvalue weighted by molar-refractivity contribution is -0.0846. The summed E-state index contributed by atoms with van der Waals surface area (Å²) in [5, 5.41) is 0. The molecule has 0 radical (unpaired) electrons. The maximum absolute atomic E-state index is 12.0. The fourth-order valence-corrected chi connectivity index (χ4v) is 5.84. The van der Waals surface area contributed by atoms with Gasteiger partial charge in [0.15, 0.2) is 13.7 Å². The van der Waals surface area contributed by atoms with Crippen LogP contribution in [0.4, 0.5) is 0 Å². The van der Waals surface area contributed by atoms with Gasteiger partial charge in [0.25, 0.3) is 0 Å². The number of rotatable bonds is 7. The molecule has 7 nitrogen and oxygen atoms in total. The molecule has 0 aromatic heterocycles. The minimum absolute atomic E-state index is 0.207. The SMILES string of the molecule is CP(C)(=O)OC[C@@H]1CCC(OP(C)(=O)OP(C)(C)=O)O1. The van der Waals surface area contributed by atoms with Gasteiger partial charge in [-0.3, -0.25) is 22.5 Å². The Morgan fingerprint density at radius 1 is 1.00 bits per heavy atom. The van der Waals surface area contributed by atoms with E-state index in [0.29, 0.717) is 12.8 Å². The van der Waals surface area contributed by atoms with Crippen molar-refractivity contribution in [3.8, 4) is 0 Å². The summed E-state index contributed by atoms with van der Waals surface area (Å²) in [4.78, 5) is 0. The first-order valence-corrected chi connectivity index (χ1v) is 13.3. The predicted molar refractivity (Wildman–Crippen MR) is 78.5 cm³/mol. The fraction of sp³-hybridized carbons (Fsp3) is 1.00. The Labute approximate surface area is 120 Å². The first-order valence-electron chi connectivity index (χ1n) is 6.23. The van der Waals surface area contributed by atoms with Crippen molar-refractivity contribution in [3.05, 3.63) is 0 Å². The standard InChI is InChI=1S/C10H23O7P3/c1-18(2,11)14-8-9-6-7-10(15-9)16-20(5,13)17-19(3,4)12/h9-10H,6-8H2,1-5H3/t9-,10?,20?/m0/s1. The third-order valence-electron chi connectivity index (χ3n) is 2.29. The molecule has 1 saturated heterocycles. The lowest BCUT2D eigenvalue weighted by Gasteiger charge is -2.21. The van der Waals surface area contributed by atoms with Crippen molar-refractivity contribution in [2.75, 3.05) is 39.9 Å². The van der Waals surface area contributed by atoms with Crippen LogP contribution in [-0.4, -0.2) is 52.3 Å². The largest absolute Gasteiger partial charge is 0.347 e. The Kier molecular flexibility index (Phi) is 6.27. The van der Waals surface area contributed by atoms with Crippen molar-refractivity contribution in [3.63, 3.8) is 0 Å². The molecule has 0 amide bonds. The zero-order valence-corrected chi connectivity index (χ0v) is 15.2. The van der Waals surface area contributed by atoms with Gasteiger partial charge in [-0.15, -0.1) is 0 Å². The highest BCUT2D eigenvalue weighted by Gasteiger charge is 2.34. The molecular formula is C10H23O7P3. The highest BCUT2D eigenvalue weighted by Crippen LogP contribution is 2.59. The maximum atomic E-state index is 12.0. The van der Waals surface area contributed by atoms with Gasteiger partial charge in [-0.1, -0.05) is 0 Å². The van der Waals surface area contributed by atoms with Gasteiger partial charge >= 0.3 is 7.60 Å². The molecule has 10 heteroatoms. The van der Waals surface area contributed by atoms with Crippen LogP contribution in [0.15, 0.2) is 0 Å². The lowest BCUT2D eigenvalue weighted by atomic mass is 10.2. The molecule has 1 aliphatic heterocycles. The van der Waals surface area contributed by atoms with Crippen molar-refractivity contribution in [1.29, 1.82) is 0 Å². The molecule has 3 atom stereocenters. The van der Waals surface area contributed by atoms with E-state index in [-0.39, 0.29) is 12.7 Å². The second-order valence-electron chi connectivity index (χ2n) is 5.52. The Bertz CT molecular complexity index is 465. The molecular weight excluding hydrogens is 325 g/mol. The number of hydrogen-bond acceptors (Lipinski definition) is 7. The van der Waals surface area contributed by atoms with Gasteiger partial charge in [-0.2, -0.15) is 0 Å². The second kappa shape index (κ2) is 6.75. The lowest BCUT2D eigenvalue weighted by Crippen LogP contribution is -2.17. The molecule has 0 N–H and O–H groups in total. The Balaban J connectivity index is 2.43. The Hall–Kier alpha value is 0.530. The maximum Gasteiger partial charge on any atom is 0.335 e. The number of ether oxygens (including phenoxy) is 1. The van der Waals surface area contributed by atoms with Crippen LogP contribution in [0.2, 0.25) is 0 Å². The quantitative estimate of drug-likeness (QED) is 0.651. The van der Waals surface area contributed by atoms with Gasteiger partial charge in [0.05, 0.1) is 12.7 Å². The fourth-order valence-electron chi connectivity index (χ4n) is 1.73. The molecule has 0 aromatic carbocycles. The van der Waals surface area contributed by atoms with E-state index in [1.165, 1.54) is 33.3 Å². The van der Waals surface area contributed by atoms with Crippen LogP contribution < -0.4 is 0 Å².